The number of methoxy groups -OCH3 is 1. The Morgan fingerprint density at radius 3 is 2.68 bits per heavy atom. The van der Waals surface area contributed by atoms with Crippen molar-refractivity contribution in [1.82, 2.24) is 10.6 Å². The number of hydrogen-bond acceptors (Lipinski definition) is 9. The topological polar surface area (TPSA) is 149 Å². The van der Waals surface area contributed by atoms with Crippen molar-refractivity contribution in [2.45, 2.75) is 6.42 Å². The van der Waals surface area contributed by atoms with Gasteiger partial charge >= 0.3 is 12.0 Å². The Labute approximate surface area is 181 Å². The molecule has 2 rings (SSSR count). The molecule has 0 radical (unpaired) electrons. The van der Waals surface area contributed by atoms with Crippen LogP contribution in [0.3, 0.4) is 0 Å². The molecule has 166 valence electrons. The molecule has 0 saturated heterocycles. The highest BCUT2D eigenvalue weighted by atomic mass is 32.1. The maximum atomic E-state index is 12.1. The molecule has 1 aromatic carbocycles. The number of amides is 3. The second-order valence-electron chi connectivity index (χ2n) is 6.12. The number of nitrogens with one attached hydrogen (secondary N) is 3. The molecule has 0 spiro atoms. The fraction of sp³-hybridized carbons (Fsp3) is 0.316. The fourth-order valence-electron chi connectivity index (χ4n) is 2.42. The van der Waals surface area contributed by atoms with Crippen molar-refractivity contribution in [3.8, 4) is 0 Å². The third kappa shape index (κ3) is 8.03. The van der Waals surface area contributed by atoms with Crippen LogP contribution in [0, 0.1) is 10.1 Å². The zero-order valence-corrected chi connectivity index (χ0v) is 17.5. The van der Waals surface area contributed by atoms with E-state index >= 15 is 0 Å². The number of esters is 1. The molecule has 0 aliphatic rings. The highest BCUT2D eigenvalue weighted by Crippen LogP contribution is 2.25. The predicted octanol–water partition coefficient (Wildman–Crippen LogP) is 1.94. The lowest BCUT2D eigenvalue weighted by atomic mass is 10.1. The van der Waals surface area contributed by atoms with Crippen molar-refractivity contribution in [2.75, 3.05) is 38.7 Å². The zero-order chi connectivity index (χ0) is 22.6. The van der Waals surface area contributed by atoms with Crippen molar-refractivity contribution in [3.63, 3.8) is 0 Å². The minimum atomic E-state index is -0.931. The molecule has 0 atom stereocenters. The number of thiophene rings is 1. The van der Waals surface area contributed by atoms with E-state index in [2.05, 4.69) is 10.6 Å². The molecule has 3 amide bonds. The van der Waals surface area contributed by atoms with Crippen LogP contribution in [-0.4, -0.2) is 56.2 Å². The Kier molecular flexibility index (Phi) is 9.39. The largest absolute Gasteiger partial charge is 0.452 e. The first-order valence-corrected chi connectivity index (χ1v) is 10.1. The number of benzene rings is 1. The molecule has 0 fully saturated rings. The van der Waals surface area contributed by atoms with Crippen LogP contribution in [-0.2, 0) is 20.7 Å². The van der Waals surface area contributed by atoms with E-state index in [1.165, 1.54) is 19.2 Å². The monoisotopic (exact) mass is 450 g/mol. The van der Waals surface area contributed by atoms with Crippen molar-refractivity contribution in [3.05, 3.63) is 56.3 Å². The van der Waals surface area contributed by atoms with Crippen molar-refractivity contribution >= 4 is 40.6 Å². The molecule has 0 bridgehead atoms. The molecule has 31 heavy (non-hydrogen) atoms. The Hall–Kier alpha value is -3.51. The summed E-state index contributed by atoms with van der Waals surface area (Å²) in [7, 11) is 1.50. The van der Waals surface area contributed by atoms with Gasteiger partial charge in [0.15, 0.2) is 6.61 Å². The van der Waals surface area contributed by atoms with Gasteiger partial charge < -0.3 is 20.1 Å². The van der Waals surface area contributed by atoms with E-state index in [0.717, 1.165) is 10.9 Å². The van der Waals surface area contributed by atoms with Gasteiger partial charge in [-0.1, -0.05) is 6.07 Å². The van der Waals surface area contributed by atoms with Crippen molar-refractivity contribution in [2.24, 2.45) is 0 Å². The summed E-state index contributed by atoms with van der Waals surface area (Å²) in [6, 6.07) is 6.87. The minimum absolute atomic E-state index is 0.0998. The van der Waals surface area contributed by atoms with Crippen LogP contribution in [0.25, 0.3) is 0 Å². The summed E-state index contributed by atoms with van der Waals surface area (Å²) in [5, 5.41) is 20.6. The smallest absolute Gasteiger partial charge is 0.338 e. The summed E-state index contributed by atoms with van der Waals surface area (Å²) in [5.74, 6) is -1.76. The van der Waals surface area contributed by atoms with Crippen LogP contribution >= 0.6 is 11.3 Å². The molecule has 1 aromatic heterocycles. The molecular formula is C19H22N4O7S. The summed E-state index contributed by atoms with van der Waals surface area (Å²) in [6.45, 7) is 0.320. The molecular weight excluding hydrogens is 428 g/mol. The number of carbonyl (C=O) groups excluding carboxylic acids is 3. The maximum Gasteiger partial charge on any atom is 0.338 e. The third-order valence-electron chi connectivity index (χ3n) is 3.88. The van der Waals surface area contributed by atoms with Crippen molar-refractivity contribution < 1.29 is 28.8 Å². The lowest BCUT2D eigenvalue weighted by Gasteiger charge is -2.09. The quantitative estimate of drug-likeness (QED) is 0.203. The lowest BCUT2D eigenvalue weighted by Crippen LogP contribution is -2.42. The van der Waals surface area contributed by atoms with Crippen LogP contribution in [0.2, 0.25) is 0 Å². The highest BCUT2D eigenvalue weighted by molar-refractivity contribution is 7.09. The second-order valence-corrected chi connectivity index (χ2v) is 7.15. The van der Waals surface area contributed by atoms with Gasteiger partial charge in [-0.25, -0.2) is 9.59 Å². The van der Waals surface area contributed by atoms with E-state index in [0.29, 0.717) is 26.1 Å². The molecule has 0 unspecified atom stereocenters. The number of ether oxygens (including phenoxy) is 2. The number of rotatable bonds is 11. The van der Waals surface area contributed by atoms with Gasteiger partial charge in [-0.05, 0) is 30.0 Å². The minimum Gasteiger partial charge on any atom is -0.452 e. The van der Waals surface area contributed by atoms with Gasteiger partial charge in [-0.3, -0.25) is 20.2 Å². The Bertz CT molecular complexity index is 918. The molecule has 12 heteroatoms. The molecule has 3 N–H and O–H groups in total. The van der Waals surface area contributed by atoms with Crippen LogP contribution in [0.5, 0.6) is 0 Å². The average Bonchev–Trinajstić information content (AvgIpc) is 3.25. The molecule has 0 saturated carbocycles. The van der Waals surface area contributed by atoms with Gasteiger partial charge in [-0.15, -0.1) is 11.3 Å². The molecule has 2 aromatic rings. The van der Waals surface area contributed by atoms with E-state index in [1.807, 2.05) is 22.8 Å². The standard InChI is InChI=1S/C19H22N4O7S/c1-29-9-8-20-15-5-4-13(11-16(15)23(27)28)18(25)30-12-17(24)22-19(26)21-7-6-14-3-2-10-31-14/h2-5,10-11,20H,6-9,12H2,1H3,(H2,21,22,24,26). The first kappa shape index (κ1) is 23.8. The first-order valence-electron chi connectivity index (χ1n) is 9.19. The molecule has 0 aliphatic heterocycles. The van der Waals surface area contributed by atoms with Crippen LogP contribution in [0.15, 0.2) is 35.7 Å². The second kappa shape index (κ2) is 12.2. The number of anilines is 1. The van der Waals surface area contributed by atoms with Crippen molar-refractivity contribution in [1.29, 1.82) is 0 Å². The zero-order valence-electron chi connectivity index (χ0n) is 16.7. The Morgan fingerprint density at radius 2 is 2.00 bits per heavy atom. The number of urea groups is 1. The van der Waals surface area contributed by atoms with E-state index in [4.69, 9.17) is 9.47 Å². The fourth-order valence-corrected chi connectivity index (χ4v) is 3.13. The lowest BCUT2D eigenvalue weighted by molar-refractivity contribution is -0.384. The molecule has 11 nitrogen and oxygen atoms in total. The summed E-state index contributed by atoms with van der Waals surface area (Å²) in [4.78, 5) is 47.3. The maximum absolute atomic E-state index is 12.1. The number of nitro groups is 1. The van der Waals surface area contributed by atoms with Gasteiger partial charge in [0.2, 0.25) is 0 Å². The predicted molar refractivity (Wildman–Crippen MR) is 113 cm³/mol. The van der Waals surface area contributed by atoms with Gasteiger partial charge in [0.25, 0.3) is 11.6 Å². The number of nitrogens with zero attached hydrogens (tertiary/aromatic N) is 1. The summed E-state index contributed by atoms with van der Waals surface area (Å²) < 4.78 is 9.71. The average molecular weight is 450 g/mol. The van der Waals surface area contributed by atoms with E-state index < -0.39 is 29.4 Å². The van der Waals surface area contributed by atoms with Gasteiger partial charge in [-0.2, -0.15) is 0 Å². The van der Waals surface area contributed by atoms with E-state index in [-0.39, 0.29) is 16.9 Å². The van der Waals surface area contributed by atoms with Gasteiger partial charge in [0.1, 0.15) is 5.69 Å². The van der Waals surface area contributed by atoms with Gasteiger partial charge in [0.05, 0.1) is 17.1 Å². The summed E-state index contributed by atoms with van der Waals surface area (Å²) in [6.07, 6.45) is 0.628. The number of hydrogen-bond donors (Lipinski definition) is 3. The summed E-state index contributed by atoms with van der Waals surface area (Å²) in [5.41, 5.74) is -0.201. The molecule has 0 aliphatic carbocycles. The SMILES string of the molecule is COCCNc1ccc(C(=O)OCC(=O)NC(=O)NCCc2cccs2)cc1[N+](=O)[O-]. The Morgan fingerprint density at radius 1 is 1.19 bits per heavy atom. The van der Waals surface area contributed by atoms with Crippen LogP contribution in [0.1, 0.15) is 15.2 Å². The first-order chi connectivity index (χ1) is 14.9. The van der Waals surface area contributed by atoms with E-state index in [9.17, 15) is 24.5 Å². The number of nitro benzene ring substituents is 1. The number of carbonyl (C=O) groups is 3. The normalized spacial score (nSPS) is 10.2. The number of imide groups is 1. The van der Waals surface area contributed by atoms with Crippen LogP contribution < -0.4 is 16.0 Å². The third-order valence-corrected chi connectivity index (χ3v) is 4.81. The van der Waals surface area contributed by atoms with E-state index in [1.54, 1.807) is 11.3 Å². The van der Waals surface area contributed by atoms with Crippen LogP contribution in [0.4, 0.5) is 16.2 Å². The highest BCUT2D eigenvalue weighted by Gasteiger charge is 2.19. The Balaban J connectivity index is 1.81. The van der Waals surface area contributed by atoms with Gasteiger partial charge in [0, 0.05) is 31.1 Å². The summed E-state index contributed by atoms with van der Waals surface area (Å²) >= 11 is 1.56. The molecule has 1 heterocycles.